The summed E-state index contributed by atoms with van der Waals surface area (Å²) in [6, 6.07) is 0. The van der Waals surface area contributed by atoms with Crippen molar-refractivity contribution in [1.82, 2.24) is 0 Å². The van der Waals surface area contributed by atoms with Crippen LogP contribution >= 0.6 is 0 Å². The average molecular weight is 629 g/mol. The minimum atomic E-state index is -4.35. The van der Waals surface area contributed by atoms with E-state index in [1.54, 1.807) is 6.08 Å². The molecule has 42 heavy (non-hydrogen) atoms. The lowest BCUT2D eigenvalue weighted by atomic mass is 10.4. The van der Waals surface area contributed by atoms with Crippen LogP contribution in [-0.2, 0) is 42.6 Å². The zero-order chi connectivity index (χ0) is 31.7. The lowest BCUT2D eigenvalue weighted by Crippen LogP contribution is -2.40. The summed E-state index contributed by atoms with van der Waals surface area (Å²) in [6.07, 6.45) is -8.13. The van der Waals surface area contributed by atoms with Gasteiger partial charge in [0.1, 0.15) is 44.4 Å². The van der Waals surface area contributed by atoms with Crippen molar-refractivity contribution in [3.05, 3.63) is 25.3 Å². The largest absolute Gasteiger partial charge is 0.394 e. The molecule has 1 saturated heterocycles. The van der Waals surface area contributed by atoms with Crippen molar-refractivity contribution in [3.63, 3.8) is 0 Å². The fourth-order valence-corrected chi connectivity index (χ4v) is 2.49. The maximum Gasteiger partial charge on any atom is 0.383 e. The molecule has 0 aromatic rings. The van der Waals surface area contributed by atoms with Gasteiger partial charge < -0.3 is 58.3 Å². The zero-order valence-corrected chi connectivity index (χ0v) is 23.5. The fraction of sp³-hybridized carbons (Fsp3) is 0.840. The van der Waals surface area contributed by atoms with Crippen LogP contribution in [-0.4, -0.2) is 156 Å². The van der Waals surface area contributed by atoms with E-state index >= 15 is 0 Å². The number of ether oxygens (including phenoxy) is 9. The Bertz CT molecular complexity index is 660. The SMILES string of the molecule is C=CCOCC(O)COCC(O)COCC(F)(F)OC(F)(F)COCOCCO.C=CCOCC(O)COCC1CO1. The molecule has 0 amide bonds. The molecule has 0 aromatic heterocycles. The van der Waals surface area contributed by atoms with E-state index in [-0.39, 0.29) is 52.4 Å². The maximum atomic E-state index is 13.4. The molecule has 1 fully saturated rings. The molecule has 13 nitrogen and oxygen atoms in total. The summed E-state index contributed by atoms with van der Waals surface area (Å²) in [5.74, 6) is 0. The number of halogens is 4. The van der Waals surface area contributed by atoms with Gasteiger partial charge in [-0.3, -0.25) is 4.74 Å². The smallest absolute Gasteiger partial charge is 0.383 e. The van der Waals surface area contributed by atoms with Gasteiger partial charge in [-0.25, -0.2) is 0 Å². The van der Waals surface area contributed by atoms with E-state index in [0.717, 1.165) is 6.61 Å². The lowest BCUT2D eigenvalue weighted by molar-refractivity contribution is -0.396. The third-order valence-corrected chi connectivity index (χ3v) is 4.28. The predicted octanol–water partition coefficient (Wildman–Crippen LogP) is 0.0945. The highest BCUT2D eigenvalue weighted by atomic mass is 19.3. The Balaban J connectivity index is 0.00000107. The monoisotopic (exact) mass is 628 g/mol. The average Bonchev–Trinajstić information content (AvgIpc) is 3.73. The highest BCUT2D eigenvalue weighted by Crippen LogP contribution is 2.27. The Morgan fingerprint density at radius 1 is 0.714 bits per heavy atom. The summed E-state index contributed by atoms with van der Waals surface area (Å²) in [5.41, 5.74) is 0. The molecule has 1 aliphatic heterocycles. The second-order valence-corrected chi connectivity index (χ2v) is 8.63. The van der Waals surface area contributed by atoms with E-state index in [4.69, 9.17) is 28.8 Å². The van der Waals surface area contributed by atoms with Crippen LogP contribution in [0.25, 0.3) is 0 Å². The Kier molecular flexibility index (Phi) is 24.3. The molecule has 0 aromatic carbocycles. The van der Waals surface area contributed by atoms with Crippen LogP contribution < -0.4 is 0 Å². The number of epoxide rings is 1. The topological polar surface area (TPSA) is 167 Å². The van der Waals surface area contributed by atoms with Gasteiger partial charge in [-0.15, -0.1) is 13.2 Å². The number of aliphatic hydroxyl groups is 4. The van der Waals surface area contributed by atoms with Crippen LogP contribution in [0.2, 0.25) is 0 Å². The van der Waals surface area contributed by atoms with Crippen LogP contribution in [0.4, 0.5) is 17.6 Å². The van der Waals surface area contributed by atoms with Gasteiger partial charge in [-0.05, 0) is 0 Å². The lowest BCUT2D eigenvalue weighted by Gasteiger charge is -2.24. The number of aliphatic hydroxyl groups excluding tert-OH is 4. The van der Waals surface area contributed by atoms with E-state index in [0.29, 0.717) is 19.8 Å². The van der Waals surface area contributed by atoms with E-state index in [2.05, 4.69) is 32.1 Å². The summed E-state index contributed by atoms with van der Waals surface area (Å²) >= 11 is 0. The molecule has 4 unspecified atom stereocenters. The van der Waals surface area contributed by atoms with E-state index in [1.807, 2.05) is 0 Å². The number of alkyl halides is 4. The molecule has 4 N–H and O–H groups in total. The van der Waals surface area contributed by atoms with Gasteiger partial charge in [-0.1, -0.05) is 12.2 Å². The Hall–Kier alpha value is -1.32. The molecule has 1 heterocycles. The minimum absolute atomic E-state index is 0.0202. The summed E-state index contributed by atoms with van der Waals surface area (Å²) in [6.45, 7) is 4.19. The van der Waals surface area contributed by atoms with Gasteiger partial charge >= 0.3 is 12.2 Å². The quantitative estimate of drug-likeness (QED) is 0.0303. The van der Waals surface area contributed by atoms with Gasteiger partial charge in [0.05, 0.1) is 79.3 Å². The Morgan fingerprint density at radius 2 is 1.17 bits per heavy atom. The molecule has 250 valence electrons. The first kappa shape index (κ1) is 40.7. The summed E-state index contributed by atoms with van der Waals surface area (Å²) in [7, 11) is 0. The second kappa shape index (κ2) is 25.1. The molecular weight excluding hydrogens is 584 g/mol. The normalized spacial score (nSPS) is 17.2. The van der Waals surface area contributed by atoms with Crippen molar-refractivity contribution in [2.75, 3.05) is 99.3 Å². The first-order valence-electron chi connectivity index (χ1n) is 12.9. The second-order valence-electron chi connectivity index (χ2n) is 8.63. The number of hydrogen-bond acceptors (Lipinski definition) is 13. The predicted molar refractivity (Wildman–Crippen MR) is 137 cm³/mol. The van der Waals surface area contributed by atoms with Crippen LogP contribution in [0.3, 0.4) is 0 Å². The van der Waals surface area contributed by atoms with Crippen LogP contribution in [0, 0.1) is 0 Å². The van der Waals surface area contributed by atoms with E-state index in [9.17, 15) is 32.9 Å². The highest BCUT2D eigenvalue weighted by Gasteiger charge is 2.44. The van der Waals surface area contributed by atoms with Crippen molar-refractivity contribution in [2.45, 2.75) is 36.6 Å². The van der Waals surface area contributed by atoms with Gasteiger partial charge in [0.2, 0.25) is 0 Å². The minimum Gasteiger partial charge on any atom is -0.394 e. The molecule has 1 aliphatic rings. The Morgan fingerprint density at radius 3 is 1.64 bits per heavy atom. The molecule has 0 bridgehead atoms. The first-order chi connectivity index (χ1) is 19.9. The molecule has 1 rings (SSSR count). The van der Waals surface area contributed by atoms with Crippen LogP contribution in [0.15, 0.2) is 25.3 Å². The summed E-state index contributed by atoms with van der Waals surface area (Å²) < 4.78 is 95.1. The third-order valence-electron chi connectivity index (χ3n) is 4.28. The molecule has 17 heteroatoms. The first-order valence-corrected chi connectivity index (χ1v) is 12.9. The molecular formula is C25H44F4O13. The van der Waals surface area contributed by atoms with Crippen molar-refractivity contribution < 1.29 is 80.6 Å². The van der Waals surface area contributed by atoms with Crippen molar-refractivity contribution in [3.8, 4) is 0 Å². The van der Waals surface area contributed by atoms with Gasteiger partial charge in [0, 0.05) is 0 Å². The maximum absolute atomic E-state index is 13.4. The molecule has 0 saturated carbocycles. The van der Waals surface area contributed by atoms with Crippen molar-refractivity contribution in [2.24, 2.45) is 0 Å². The number of hydrogen-bond donors (Lipinski definition) is 4. The van der Waals surface area contributed by atoms with Gasteiger partial charge in [-0.2, -0.15) is 17.6 Å². The standard InChI is InChI=1S/C16H28F4O9.C9H16O4/c1-2-4-24-6-13(22)7-26-8-14(23)9-27-10-15(17,18)29-16(19,20)11-28-12-25-5-3-21;1-2-3-11-4-8(10)5-12-6-9-7-13-9/h2,13-14,21-23H,1,3-12H2;2,8-10H,1,3-7H2. The summed E-state index contributed by atoms with van der Waals surface area (Å²) in [4.78, 5) is 0. The number of rotatable bonds is 28. The van der Waals surface area contributed by atoms with E-state index in [1.165, 1.54) is 6.08 Å². The zero-order valence-electron chi connectivity index (χ0n) is 23.5. The third kappa shape index (κ3) is 27.5. The molecule has 0 spiro atoms. The fourth-order valence-electron chi connectivity index (χ4n) is 2.49. The summed E-state index contributed by atoms with van der Waals surface area (Å²) in [5, 5.41) is 36.7. The van der Waals surface area contributed by atoms with Crippen LogP contribution in [0.1, 0.15) is 0 Å². The molecule has 0 radical (unpaired) electrons. The van der Waals surface area contributed by atoms with E-state index < -0.39 is 57.1 Å². The highest BCUT2D eigenvalue weighted by molar-refractivity contribution is 4.68. The van der Waals surface area contributed by atoms with Crippen LogP contribution in [0.5, 0.6) is 0 Å². The molecule has 0 aliphatic carbocycles. The van der Waals surface area contributed by atoms with Crippen molar-refractivity contribution >= 4 is 0 Å². The van der Waals surface area contributed by atoms with Crippen molar-refractivity contribution in [1.29, 1.82) is 0 Å². The van der Waals surface area contributed by atoms with Gasteiger partial charge in [0.25, 0.3) is 0 Å². The molecule has 4 atom stereocenters. The van der Waals surface area contributed by atoms with Gasteiger partial charge in [0.15, 0.2) is 0 Å². The Labute approximate surface area is 242 Å².